The van der Waals surface area contributed by atoms with E-state index in [1.165, 1.54) is 12.0 Å². The van der Waals surface area contributed by atoms with Crippen LogP contribution in [0.15, 0.2) is 0 Å². The van der Waals surface area contributed by atoms with Gasteiger partial charge in [0.2, 0.25) is 0 Å². The van der Waals surface area contributed by atoms with Crippen molar-refractivity contribution in [1.29, 1.82) is 0 Å². The molecule has 0 spiro atoms. The Morgan fingerprint density at radius 1 is 1.24 bits per heavy atom. The molecule has 0 aromatic carbocycles. The quantitative estimate of drug-likeness (QED) is 0.548. The summed E-state index contributed by atoms with van der Waals surface area (Å²) >= 11 is 0. The summed E-state index contributed by atoms with van der Waals surface area (Å²) in [6, 6.07) is -0.604. The number of rotatable bonds is 2. The van der Waals surface area contributed by atoms with E-state index in [2.05, 4.69) is 4.74 Å². The second kappa shape index (κ2) is 4.55. The summed E-state index contributed by atoms with van der Waals surface area (Å²) in [5, 5.41) is 0. The normalized spacial score (nSPS) is 23.6. The summed E-state index contributed by atoms with van der Waals surface area (Å²) in [4.78, 5) is 24.8. The fraction of sp³-hybridized carbons (Fsp3) is 0.833. The van der Waals surface area contributed by atoms with Gasteiger partial charge >= 0.3 is 12.1 Å². The molecule has 1 aliphatic rings. The van der Waals surface area contributed by atoms with E-state index in [4.69, 9.17) is 4.74 Å². The van der Waals surface area contributed by atoms with Crippen LogP contribution in [0.1, 0.15) is 34.6 Å². The van der Waals surface area contributed by atoms with Crippen molar-refractivity contribution in [2.75, 3.05) is 7.11 Å². The molecule has 0 bridgehead atoms. The van der Waals surface area contributed by atoms with Crippen LogP contribution >= 0.6 is 0 Å². The van der Waals surface area contributed by atoms with Crippen molar-refractivity contribution in [3.63, 3.8) is 0 Å². The second-order valence-corrected chi connectivity index (χ2v) is 5.59. The average Bonchev–Trinajstić information content (AvgIpc) is 2.88. The highest BCUT2D eigenvalue weighted by atomic mass is 16.6. The number of ether oxygens (including phenoxy) is 2. The van der Waals surface area contributed by atoms with Crippen LogP contribution in [0.4, 0.5) is 4.79 Å². The predicted molar refractivity (Wildman–Crippen MR) is 62.5 cm³/mol. The maximum atomic E-state index is 11.9. The van der Waals surface area contributed by atoms with E-state index in [9.17, 15) is 9.59 Å². The molecule has 1 heterocycles. The Morgan fingerprint density at radius 2 is 1.76 bits per heavy atom. The minimum atomic E-state index is -0.554. The Kier molecular flexibility index (Phi) is 3.69. The molecule has 0 unspecified atom stereocenters. The standard InChI is InChI=1S/C12H21NO4/c1-7(2)8-9(10(14)16-6)13(8)11(15)17-12(3,4)5/h7-9H,1-6H3/t8-,9-,13?/m1/s1. The first-order valence-corrected chi connectivity index (χ1v) is 5.78. The molecule has 0 radical (unpaired) electrons. The van der Waals surface area contributed by atoms with E-state index < -0.39 is 17.7 Å². The zero-order valence-electron chi connectivity index (χ0n) is 11.3. The van der Waals surface area contributed by atoms with Gasteiger partial charge in [0.25, 0.3) is 0 Å². The topological polar surface area (TPSA) is 55.6 Å². The molecular formula is C12H21NO4. The molecule has 1 saturated heterocycles. The first-order valence-electron chi connectivity index (χ1n) is 5.78. The number of carbonyl (C=O) groups is 2. The highest BCUT2D eigenvalue weighted by molar-refractivity contribution is 5.88. The smallest absolute Gasteiger partial charge is 0.411 e. The van der Waals surface area contributed by atoms with E-state index in [0.717, 1.165) is 0 Å². The molecule has 0 saturated carbocycles. The Morgan fingerprint density at radius 3 is 2.12 bits per heavy atom. The number of carbonyl (C=O) groups excluding carboxylic acids is 2. The molecule has 0 aromatic rings. The molecule has 98 valence electrons. The summed E-state index contributed by atoms with van der Waals surface area (Å²) in [6.45, 7) is 9.32. The minimum Gasteiger partial charge on any atom is -0.467 e. The highest BCUT2D eigenvalue weighted by Gasteiger charge is 2.59. The number of amides is 1. The molecule has 1 fully saturated rings. The first kappa shape index (κ1) is 13.8. The molecule has 2 atom stereocenters. The van der Waals surface area contributed by atoms with Crippen LogP contribution < -0.4 is 0 Å². The van der Waals surface area contributed by atoms with Gasteiger partial charge in [0.15, 0.2) is 6.04 Å². The van der Waals surface area contributed by atoms with Gasteiger partial charge in [-0.05, 0) is 26.7 Å². The molecule has 0 aromatic heterocycles. The lowest BCUT2D eigenvalue weighted by Gasteiger charge is -2.20. The maximum Gasteiger partial charge on any atom is 0.411 e. The number of hydrogen-bond acceptors (Lipinski definition) is 4. The zero-order chi connectivity index (χ0) is 13.4. The second-order valence-electron chi connectivity index (χ2n) is 5.59. The van der Waals surface area contributed by atoms with Gasteiger partial charge in [0, 0.05) is 0 Å². The van der Waals surface area contributed by atoms with E-state index in [0.29, 0.717) is 0 Å². The van der Waals surface area contributed by atoms with Crippen LogP contribution in [0.5, 0.6) is 0 Å². The Labute approximate surface area is 102 Å². The number of hydrogen-bond donors (Lipinski definition) is 0. The molecule has 1 aliphatic heterocycles. The van der Waals surface area contributed by atoms with E-state index >= 15 is 0 Å². The number of esters is 1. The summed E-state index contributed by atoms with van der Waals surface area (Å²) in [5.74, 6) is -0.179. The molecule has 17 heavy (non-hydrogen) atoms. The third kappa shape index (κ3) is 3.11. The van der Waals surface area contributed by atoms with Crippen molar-refractivity contribution in [2.45, 2.75) is 52.3 Å². The lowest BCUT2D eigenvalue weighted by Crippen LogP contribution is -2.29. The lowest BCUT2D eigenvalue weighted by molar-refractivity contribution is -0.141. The van der Waals surface area contributed by atoms with Crippen molar-refractivity contribution in [2.24, 2.45) is 5.92 Å². The Bertz CT molecular complexity index is 319. The predicted octanol–water partition coefficient (Wildman–Crippen LogP) is 1.80. The number of nitrogens with zero attached hydrogens (tertiary/aromatic N) is 1. The van der Waals surface area contributed by atoms with Gasteiger partial charge in [-0.2, -0.15) is 0 Å². The zero-order valence-corrected chi connectivity index (χ0v) is 11.3. The van der Waals surface area contributed by atoms with Crippen LogP contribution in [-0.2, 0) is 14.3 Å². The largest absolute Gasteiger partial charge is 0.467 e. The van der Waals surface area contributed by atoms with Gasteiger partial charge in [-0.1, -0.05) is 13.8 Å². The third-order valence-corrected chi connectivity index (χ3v) is 2.58. The molecule has 5 nitrogen and oxygen atoms in total. The Balaban J connectivity index is 2.71. The fourth-order valence-electron chi connectivity index (χ4n) is 1.86. The molecule has 1 amide bonds. The van der Waals surface area contributed by atoms with E-state index in [-0.39, 0.29) is 17.9 Å². The van der Waals surface area contributed by atoms with Crippen molar-refractivity contribution in [3.8, 4) is 0 Å². The van der Waals surface area contributed by atoms with Crippen LogP contribution in [-0.4, -0.2) is 41.8 Å². The van der Waals surface area contributed by atoms with E-state index in [1.54, 1.807) is 20.8 Å². The van der Waals surface area contributed by atoms with Crippen LogP contribution in [0, 0.1) is 5.92 Å². The summed E-state index contributed by atoms with van der Waals surface area (Å²) in [5.41, 5.74) is -0.554. The van der Waals surface area contributed by atoms with Crippen molar-refractivity contribution in [1.82, 2.24) is 4.90 Å². The van der Waals surface area contributed by atoms with Gasteiger partial charge in [-0.15, -0.1) is 0 Å². The lowest BCUT2D eigenvalue weighted by atomic mass is 10.1. The van der Waals surface area contributed by atoms with Gasteiger partial charge in [-0.25, -0.2) is 9.59 Å². The average molecular weight is 243 g/mol. The van der Waals surface area contributed by atoms with Gasteiger partial charge in [-0.3, -0.25) is 4.90 Å². The van der Waals surface area contributed by atoms with Crippen molar-refractivity contribution < 1.29 is 19.1 Å². The minimum absolute atomic E-state index is 0.114. The first-order chi connectivity index (χ1) is 7.69. The SMILES string of the molecule is COC(=O)[C@H]1[C@@H](C(C)C)N1C(=O)OC(C)(C)C. The van der Waals surface area contributed by atoms with Crippen LogP contribution in [0.3, 0.4) is 0 Å². The van der Waals surface area contributed by atoms with Gasteiger partial charge in [0.1, 0.15) is 5.60 Å². The van der Waals surface area contributed by atoms with Crippen LogP contribution in [0.2, 0.25) is 0 Å². The Hall–Kier alpha value is -1.26. The molecule has 5 heteroatoms. The monoisotopic (exact) mass is 243 g/mol. The van der Waals surface area contributed by atoms with Gasteiger partial charge < -0.3 is 9.47 Å². The molecular weight excluding hydrogens is 222 g/mol. The van der Waals surface area contributed by atoms with Crippen molar-refractivity contribution >= 4 is 12.1 Å². The van der Waals surface area contributed by atoms with E-state index in [1.807, 2.05) is 13.8 Å². The third-order valence-electron chi connectivity index (χ3n) is 2.58. The number of methoxy groups -OCH3 is 1. The molecule has 0 aliphatic carbocycles. The highest BCUT2D eigenvalue weighted by Crippen LogP contribution is 2.36. The fourth-order valence-corrected chi connectivity index (χ4v) is 1.86. The summed E-state index contributed by atoms with van der Waals surface area (Å²) in [7, 11) is 1.32. The summed E-state index contributed by atoms with van der Waals surface area (Å²) in [6.07, 6.45) is -0.452. The molecule has 0 N–H and O–H groups in total. The summed E-state index contributed by atoms with van der Waals surface area (Å²) < 4.78 is 9.92. The van der Waals surface area contributed by atoms with Gasteiger partial charge in [0.05, 0.1) is 13.2 Å². The molecule has 1 rings (SSSR count). The van der Waals surface area contributed by atoms with Crippen LogP contribution in [0.25, 0.3) is 0 Å². The van der Waals surface area contributed by atoms with Crippen molar-refractivity contribution in [3.05, 3.63) is 0 Å². The maximum absolute atomic E-state index is 11.9.